The predicted molar refractivity (Wildman–Crippen MR) is 91.9 cm³/mol. The lowest BCUT2D eigenvalue weighted by Crippen LogP contribution is -2.49. The molecule has 1 aromatic carbocycles. The molecule has 1 heterocycles. The van der Waals surface area contributed by atoms with Crippen molar-refractivity contribution in [1.29, 1.82) is 0 Å². The first-order valence-electron chi connectivity index (χ1n) is 7.89. The van der Waals surface area contributed by atoms with Crippen molar-refractivity contribution in [3.63, 3.8) is 0 Å². The summed E-state index contributed by atoms with van der Waals surface area (Å²) in [5.41, 5.74) is 1.93. The number of piperidine rings is 1. The number of amides is 1. The fourth-order valence-corrected chi connectivity index (χ4v) is 3.26. The minimum absolute atomic E-state index is 0.0693. The van der Waals surface area contributed by atoms with Crippen LogP contribution in [0.3, 0.4) is 0 Å². The van der Waals surface area contributed by atoms with E-state index in [1.54, 1.807) is 0 Å². The van der Waals surface area contributed by atoms with Crippen LogP contribution >= 0.6 is 0 Å². The molecule has 1 aliphatic heterocycles. The van der Waals surface area contributed by atoms with Gasteiger partial charge < -0.3 is 5.32 Å². The van der Waals surface area contributed by atoms with Crippen LogP contribution in [0.2, 0.25) is 0 Å². The van der Waals surface area contributed by atoms with E-state index in [0.717, 1.165) is 43.3 Å². The number of hydrogen-bond acceptors (Lipinski definition) is 4. The minimum Gasteiger partial charge on any atom is -0.325 e. The Morgan fingerprint density at radius 2 is 1.96 bits per heavy atom. The first kappa shape index (κ1) is 17.9. The molecule has 0 spiro atoms. The van der Waals surface area contributed by atoms with Crippen LogP contribution in [-0.2, 0) is 14.8 Å². The number of rotatable bonds is 6. The number of carbonyl (C=O) groups excluding carboxylic acids is 1. The summed E-state index contributed by atoms with van der Waals surface area (Å²) in [7, 11) is -3.21. The number of benzene rings is 1. The third kappa shape index (κ3) is 6.29. The molecule has 0 bridgehead atoms. The van der Waals surface area contributed by atoms with E-state index in [9.17, 15) is 13.2 Å². The van der Waals surface area contributed by atoms with E-state index in [-0.39, 0.29) is 18.5 Å². The Hall–Kier alpha value is -1.44. The Labute approximate surface area is 138 Å². The van der Waals surface area contributed by atoms with Gasteiger partial charge in [-0.2, -0.15) is 0 Å². The van der Waals surface area contributed by atoms with E-state index in [1.165, 1.54) is 0 Å². The van der Waals surface area contributed by atoms with Crippen LogP contribution in [0.25, 0.3) is 0 Å². The van der Waals surface area contributed by atoms with Crippen molar-refractivity contribution in [3.05, 3.63) is 29.8 Å². The second-order valence-electron chi connectivity index (χ2n) is 6.15. The summed E-state index contributed by atoms with van der Waals surface area (Å²) in [5.74, 6) is -0.0693. The van der Waals surface area contributed by atoms with E-state index in [0.29, 0.717) is 6.54 Å². The third-order valence-corrected chi connectivity index (χ3v) is 4.70. The highest BCUT2D eigenvalue weighted by atomic mass is 32.2. The largest absolute Gasteiger partial charge is 0.325 e. The summed E-state index contributed by atoms with van der Waals surface area (Å²) in [5, 5.41) is 2.89. The zero-order chi connectivity index (χ0) is 16.9. The van der Waals surface area contributed by atoms with Gasteiger partial charge in [0, 0.05) is 18.3 Å². The summed E-state index contributed by atoms with van der Waals surface area (Å²) < 4.78 is 25.1. The Kier molecular flexibility index (Phi) is 6.15. The SMILES string of the molecule is Cc1ccc(NC(=O)CN2CCCCC2CNS(C)(=O)=O)cc1. The zero-order valence-corrected chi connectivity index (χ0v) is 14.5. The number of hydrogen-bond donors (Lipinski definition) is 2. The van der Waals surface area contributed by atoms with Crippen molar-refractivity contribution in [2.24, 2.45) is 0 Å². The molecule has 0 aromatic heterocycles. The molecule has 1 aromatic rings. The van der Waals surface area contributed by atoms with Crippen molar-refractivity contribution in [3.8, 4) is 0 Å². The van der Waals surface area contributed by atoms with Gasteiger partial charge in [-0.1, -0.05) is 24.1 Å². The highest BCUT2D eigenvalue weighted by molar-refractivity contribution is 7.88. The fourth-order valence-electron chi connectivity index (χ4n) is 2.77. The normalized spacial score (nSPS) is 19.5. The molecule has 2 rings (SSSR count). The Morgan fingerprint density at radius 3 is 2.61 bits per heavy atom. The molecule has 6 nitrogen and oxygen atoms in total. The topological polar surface area (TPSA) is 78.5 Å². The molecule has 128 valence electrons. The van der Waals surface area contributed by atoms with Crippen molar-refractivity contribution >= 4 is 21.6 Å². The smallest absolute Gasteiger partial charge is 0.238 e. The van der Waals surface area contributed by atoms with Crippen LogP contribution in [-0.4, -0.2) is 51.2 Å². The van der Waals surface area contributed by atoms with Gasteiger partial charge >= 0.3 is 0 Å². The Balaban J connectivity index is 1.90. The number of likely N-dealkylation sites (tertiary alicyclic amines) is 1. The summed E-state index contributed by atoms with van der Waals surface area (Å²) in [6.07, 6.45) is 4.16. The second kappa shape index (κ2) is 7.90. The number of aryl methyl sites for hydroxylation is 1. The van der Waals surface area contributed by atoms with Crippen LogP contribution in [0.4, 0.5) is 5.69 Å². The molecule has 1 saturated heterocycles. The van der Waals surface area contributed by atoms with Crippen LogP contribution in [0.1, 0.15) is 24.8 Å². The summed E-state index contributed by atoms with van der Waals surface area (Å²) in [6.45, 7) is 3.46. The van der Waals surface area contributed by atoms with Gasteiger partial charge in [-0.25, -0.2) is 13.1 Å². The van der Waals surface area contributed by atoms with E-state index in [2.05, 4.69) is 14.9 Å². The maximum absolute atomic E-state index is 12.2. The van der Waals surface area contributed by atoms with Gasteiger partial charge in [-0.05, 0) is 38.4 Å². The van der Waals surface area contributed by atoms with Crippen molar-refractivity contribution in [1.82, 2.24) is 9.62 Å². The molecule has 1 amide bonds. The standard InChI is InChI=1S/C16H25N3O3S/c1-13-6-8-14(9-7-13)18-16(20)12-19-10-4-3-5-15(19)11-17-23(2,21)22/h6-9,15,17H,3-5,10-12H2,1-2H3,(H,18,20). The maximum atomic E-state index is 12.2. The number of nitrogens with zero attached hydrogens (tertiary/aromatic N) is 1. The van der Waals surface area contributed by atoms with Crippen LogP contribution in [0.15, 0.2) is 24.3 Å². The van der Waals surface area contributed by atoms with Crippen LogP contribution < -0.4 is 10.0 Å². The van der Waals surface area contributed by atoms with Gasteiger partial charge in [0.1, 0.15) is 0 Å². The summed E-state index contributed by atoms with van der Waals surface area (Å²) in [4.78, 5) is 14.3. The number of nitrogens with one attached hydrogen (secondary N) is 2. The maximum Gasteiger partial charge on any atom is 0.238 e. The van der Waals surface area contributed by atoms with Crippen LogP contribution in [0.5, 0.6) is 0 Å². The van der Waals surface area contributed by atoms with E-state index < -0.39 is 10.0 Å². The molecule has 7 heteroatoms. The zero-order valence-electron chi connectivity index (χ0n) is 13.7. The molecule has 0 aliphatic carbocycles. The lowest BCUT2D eigenvalue weighted by Gasteiger charge is -2.35. The summed E-state index contributed by atoms with van der Waals surface area (Å²) >= 11 is 0. The molecule has 23 heavy (non-hydrogen) atoms. The number of anilines is 1. The molecule has 1 aliphatic rings. The first-order valence-corrected chi connectivity index (χ1v) is 9.78. The average molecular weight is 339 g/mol. The number of carbonyl (C=O) groups is 1. The van der Waals surface area contributed by atoms with Gasteiger partial charge in [0.15, 0.2) is 0 Å². The Bertz CT molecular complexity index is 628. The molecular weight excluding hydrogens is 314 g/mol. The molecule has 0 radical (unpaired) electrons. The van der Waals surface area contributed by atoms with E-state index in [1.807, 2.05) is 31.2 Å². The Morgan fingerprint density at radius 1 is 1.26 bits per heavy atom. The van der Waals surface area contributed by atoms with Gasteiger partial charge in [-0.15, -0.1) is 0 Å². The first-order chi connectivity index (χ1) is 10.8. The van der Waals surface area contributed by atoms with E-state index >= 15 is 0 Å². The predicted octanol–water partition coefficient (Wildman–Crippen LogP) is 1.34. The molecule has 1 unspecified atom stereocenters. The lowest BCUT2D eigenvalue weighted by atomic mass is 10.0. The average Bonchev–Trinajstić information content (AvgIpc) is 2.48. The summed E-state index contributed by atoms with van der Waals surface area (Å²) in [6, 6.07) is 7.74. The fraction of sp³-hybridized carbons (Fsp3) is 0.562. The van der Waals surface area contributed by atoms with Crippen molar-refractivity contribution in [2.75, 3.05) is 31.2 Å². The minimum atomic E-state index is -3.21. The molecule has 1 atom stereocenters. The van der Waals surface area contributed by atoms with Gasteiger partial charge in [0.05, 0.1) is 12.8 Å². The second-order valence-corrected chi connectivity index (χ2v) is 7.99. The number of sulfonamides is 1. The molecule has 2 N–H and O–H groups in total. The highest BCUT2D eigenvalue weighted by Gasteiger charge is 2.24. The monoisotopic (exact) mass is 339 g/mol. The molecular formula is C16H25N3O3S. The molecule has 0 saturated carbocycles. The van der Waals surface area contributed by atoms with Gasteiger partial charge in [-0.3, -0.25) is 9.69 Å². The quantitative estimate of drug-likeness (QED) is 0.820. The van der Waals surface area contributed by atoms with E-state index in [4.69, 9.17) is 0 Å². The van der Waals surface area contributed by atoms with Crippen molar-refractivity contribution < 1.29 is 13.2 Å². The molecule has 1 fully saturated rings. The van der Waals surface area contributed by atoms with Gasteiger partial charge in [0.25, 0.3) is 0 Å². The third-order valence-electron chi connectivity index (χ3n) is 4.01. The lowest BCUT2D eigenvalue weighted by molar-refractivity contribution is -0.118. The van der Waals surface area contributed by atoms with Crippen LogP contribution in [0, 0.1) is 6.92 Å². The van der Waals surface area contributed by atoms with Gasteiger partial charge in [0.2, 0.25) is 15.9 Å². The highest BCUT2D eigenvalue weighted by Crippen LogP contribution is 2.17. The van der Waals surface area contributed by atoms with Crippen molar-refractivity contribution in [2.45, 2.75) is 32.2 Å².